The molecule has 0 saturated carbocycles. The molecule has 1 amide bonds. The van der Waals surface area contributed by atoms with Gasteiger partial charge >= 0.3 is 0 Å². The number of amides is 1. The molecule has 1 aromatic carbocycles. The lowest BCUT2D eigenvalue weighted by Crippen LogP contribution is -2.32. The largest absolute Gasteiger partial charge is 0.468 e. The maximum absolute atomic E-state index is 13.0. The standard InChI is InChI=1S/C18H23NO4S/c1-13(2)11-18(20)19-12-17(16-5-4-10-23-16)24(21,22)15-8-6-14(3)7-9-15/h4-10,13,17H,11-12H2,1-3H3,(H,19,20). The van der Waals surface area contributed by atoms with Gasteiger partial charge in [0.25, 0.3) is 0 Å². The Bertz CT molecular complexity index is 762. The molecule has 130 valence electrons. The first-order valence-corrected chi connectivity index (χ1v) is 9.46. The van der Waals surface area contributed by atoms with E-state index in [1.807, 2.05) is 20.8 Å². The summed E-state index contributed by atoms with van der Waals surface area (Å²) in [6, 6.07) is 9.92. The Kier molecular flexibility index (Phi) is 5.83. The van der Waals surface area contributed by atoms with Crippen LogP contribution in [-0.2, 0) is 14.6 Å². The van der Waals surface area contributed by atoms with Crippen LogP contribution in [0.3, 0.4) is 0 Å². The predicted molar refractivity (Wildman–Crippen MR) is 92.3 cm³/mol. The van der Waals surface area contributed by atoms with E-state index in [1.165, 1.54) is 6.26 Å². The van der Waals surface area contributed by atoms with Crippen LogP contribution in [0, 0.1) is 12.8 Å². The molecule has 2 rings (SSSR count). The molecule has 1 unspecified atom stereocenters. The first-order valence-electron chi connectivity index (χ1n) is 7.91. The SMILES string of the molecule is Cc1ccc(S(=O)(=O)C(CNC(=O)CC(C)C)c2ccco2)cc1. The fourth-order valence-corrected chi connectivity index (χ4v) is 3.97. The fraction of sp³-hybridized carbons (Fsp3) is 0.389. The Morgan fingerprint density at radius 3 is 2.38 bits per heavy atom. The molecular weight excluding hydrogens is 326 g/mol. The average Bonchev–Trinajstić information content (AvgIpc) is 3.01. The molecule has 0 aliphatic heterocycles. The van der Waals surface area contributed by atoms with E-state index in [-0.39, 0.29) is 23.3 Å². The quantitative estimate of drug-likeness (QED) is 0.832. The van der Waals surface area contributed by atoms with Gasteiger partial charge in [-0.2, -0.15) is 0 Å². The zero-order chi connectivity index (χ0) is 17.7. The summed E-state index contributed by atoms with van der Waals surface area (Å²) in [6.07, 6.45) is 1.79. The van der Waals surface area contributed by atoms with Gasteiger partial charge in [-0.05, 0) is 37.1 Å². The van der Waals surface area contributed by atoms with Crippen LogP contribution in [0.2, 0.25) is 0 Å². The minimum absolute atomic E-state index is 0.0186. The van der Waals surface area contributed by atoms with E-state index in [9.17, 15) is 13.2 Å². The summed E-state index contributed by atoms with van der Waals surface area (Å²) in [7, 11) is -3.67. The van der Waals surface area contributed by atoms with E-state index in [2.05, 4.69) is 5.32 Å². The second-order valence-corrected chi connectivity index (χ2v) is 8.39. The van der Waals surface area contributed by atoms with Gasteiger partial charge in [-0.3, -0.25) is 4.79 Å². The Morgan fingerprint density at radius 1 is 1.17 bits per heavy atom. The molecule has 0 aliphatic rings. The monoisotopic (exact) mass is 349 g/mol. The summed E-state index contributed by atoms with van der Waals surface area (Å²) in [6.45, 7) is 5.75. The van der Waals surface area contributed by atoms with Crippen molar-refractivity contribution in [1.82, 2.24) is 5.32 Å². The number of nitrogens with one attached hydrogen (secondary N) is 1. The van der Waals surface area contributed by atoms with Crippen LogP contribution in [0.5, 0.6) is 0 Å². The molecule has 1 atom stereocenters. The number of furan rings is 1. The molecule has 0 spiro atoms. The van der Waals surface area contributed by atoms with Crippen LogP contribution in [0.1, 0.15) is 36.8 Å². The number of aryl methyl sites for hydroxylation is 1. The van der Waals surface area contributed by atoms with Crippen molar-refractivity contribution < 1.29 is 17.6 Å². The molecule has 0 aliphatic carbocycles. The molecule has 6 heteroatoms. The lowest BCUT2D eigenvalue weighted by molar-refractivity contribution is -0.121. The zero-order valence-corrected chi connectivity index (χ0v) is 15.0. The summed E-state index contributed by atoms with van der Waals surface area (Å²) in [5.74, 6) is 0.363. The van der Waals surface area contributed by atoms with Gasteiger partial charge in [-0.25, -0.2) is 8.42 Å². The Hall–Kier alpha value is -2.08. The van der Waals surface area contributed by atoms with Gasteiger partial charge in [-0.15, -0.1) is 0 Å². The van der Waals surface area contributed by atoms with E-state index in [0.29, 0.717) is 12.2 Å². The van der Waals surface area contributed by atoms with Gasteiger partial charge in [0, 0.05) is 13.0 Å². The van der Waals surface area contributed by atoms with Crippen molar-refractivity contribution >= 4 is 15.7 Å². The summed E-state index contributed by atoms with van der Waals surface area (Å²) in [5, 5.41) is 1.76. The third-order valence-electron chi connectivity index (χ3n) is 3.66. The molecule has 0 bridgehead atoms. The first kappa shape index (κ1) is 18.3. The van der Waals surface area contributed by atoms with Crippen molar-refractivity contribution in [3.05, 3.63) is 54.0 Å². The zero-order valence-electron chi connectivity index (χ0n) is 14.2. The number of hydrogen-bond donors (Lipinski definition) is 1. The van der Waals surface area contributed by atoms with Gasteiger partial charge in [-0.1, -0.05) is 31.5 Å². The van der Waals surface area contributed by atoms with Crippen molar-refractivity contribution in [2.75, 3.05) is 6.54 Å². The smallest absolute Gasteiger partial charge is 0.220 e. The summed E-state index contributed by atoms with van der Waals surface area (Å²) >= 11 is 0. The molecule has 24 heavy (non-hydrogen) atoms. The van der Waals surface area contributed by atoms with Crippen molar-refractivity contribution in [1.29, 1.82) is 0 Å². The molecule has 1 heterocycles. The minimum atomic E-state index is -3.67. The highest BCUT2D eigenvalue weighted by atomic mass is 32.2. The Morgan fingerprint density at radius 2 is 1.83 bits per heavy atom. The van der Waals surface area contributed by atoms with E-state index in [4.69, 9.17) is 4.42 Å². The third kappa shape index (κ3) is 4.47. The van der Waals surface area contributed by atoms with E-state index < -0.39 is 15.1 Å². The van der Waals surface area contributed by atoms with Crippen molar-refractivity contribution in [3.8, 4) is 0 Å². The second-order valence-electron chi connectivity index (χ2n) is 6.26. The topological polar surface area (TPSA) is 76.4 Å². The van der Waals surface area contributed by atoms with Gasteiger partial charge in [0.2, 0.25) is 5.91 Å². The molecule has 1 aromatic heterocycles. The van der Waals surface area contributed by atoms with Gasteiger partial charge in [0.05, 0.1) is 11.2 Å². The van der Waals surface area contributed by atoms with Crippen LogP contribution in [0.25, 0.3) is 0 Å². The third-order valence-corrected chi connectivity index (χ3v) is 5.74. The van der Waals surface area contributed by atoms with E-state index in [0.717, 1.165) is 5.56 Å². The highest BCUT2D eigenvalue weighted by Crippen LogP contribution is 2.29. The number of sulfone groups is 1. The number of rotatable bonds is 7. The Balaban J connectivity index is 2.26. The molecule has 0 radical (unpaired) electrons. The number of benzene rings is 1. The van der Waals surface area contributed by atoms with Gasteiger partial charge < -0.3 is 9.73 Å². The number of carbonyl (C=O) groups excluding carboxylic acids is 1. The molecule has 2 aromatic rings. The van der Waals surface area contributed by atoms with Crippen LogP contribution in [-0.4, -0.2) is 20.9 Å². The van der Waals surface area contributed by atoms with E-state index in [1.54, 1.807) is 36.4 Å². The van der Waals surface area contributed by atoms with Gasteiger partial charge in [0.1, 0.15) is 11.0 Å². The maximum atomic E-state index is 13.0. The predicted octanol–water partition coefficient (Wildman–Crippen LogP) is 3.27. The lowest BCUT2D eigenvalue weighted by Gasteiger charge is -2.17. The van der Waals surface area contributed by atoms with Gasteiger partial charge in [0.15, 0.2) is 9.84 Å². The highest BCUT2D eigenvalue weighted by Gasteiger charge is 2.31. The van der Waals surface area contributed by atoms with Crippen molar-refractivity contribution in [2.45, 2.75) is 37.3 Å². The number of carbonyl (C=O) groups is 1. The lowest BCUT2D eigenvalue weighted by atomic mass is 10.1. The average molecular weight is 349 g/mol. The maximum Gasteiger partial charge on any atom is 0.220 e. The summed E-state index contributed by atoms with van der Waals surface area (Å²) < 4.78 is 31.2. The fourth-order valence-electron chi connectivity index (χ4n) is 2.38. The first-order chi connectivity index (χ1) is 11.3. The summed E-state index contributed by atoms with van der Waals surface area (Å²) in [4.78, 5) is 12.1. The molecular formula is C18H23NO4S. The molecule has 0 saturated heterocycles. The van der Waals surface area contributed by atoms with Crippen molar-refractivity contribution in [3.63, 3.8) is 0 Å². The van der Waals surface area contributed by atoms with E-state index >= 15 is 0 Å². The normalized spacial score (nSPS) is 13.0. The van der Waals surface area contributed by atoms with Crippen LogP contribution in [0.4, 0.5) is 0 Å². The molecule has 1 N–H and O–H groups in total. The second kappa shape index (κ2) is 7.66. The van der Waals surface area contributed by atoms with Crippen molar-refractivity contribution in [2.24, 2.45) is 5.92 Å². The molecule has 0 fully saturated rings. The number of hydrogen-bond acceptors (Lipinski definition) is 4. The minimum Gasteiger partial charge on any atom is -0.468 e. The highest BCUT2D eigenvalue weighted by molar-refractivity contribution is 7.91. The van der Waals surface area contributed by atoms with Crippen LogP contribution in [0.15, 0.2) is 52.0 Å². The molecule has 5 nitrogen and oxygen atoms in total. The Labute approximate surface area is 143 Å². The van der Waals surface area contributed by atoms with Crippen LogP contribution >= 0.6 is 0 Å². The van der Waals surface area contributed by atoms with Crippen LogP contribution < -0.4 is 5.32 Å². The summed E-state index contributed by atoms with van der Waals surface area (Å²) in [5.41, 5.74) is 0.980.